The maximum absolute atomic E-state index is 13.8. The Balaban J connectivity index is 1.59. The number of amides is 2. The number of carbonyl (C=O) groups excluding carboxylic acids is 2. The number of likely N-dealkylation sites (N-methyl/N-ethyl adjacent to an activating group) is 1. The number of rotatable bonds is 5. The molecule has 5 rings (SSSR count). The van der Waals surface area contributed by atoms with Crippen molar-refractivity contribution in [2.24, 2.45) is 0 Å². The highest BCUT2D eigenvalue weighted by Gasteiger charge is 2.44. The molecule has 0 unspecified atom stereocenters. The van der Waals surface area contributed by atoms with Crippen LogP contribution >= 0.6 is 11.3 Å². The van der Waals surface area contributed by atoms with Crippen molar-refractivity contribution in [2.45, 2.75) is 12.0 Å². The molecule has 0 radical (unpaired) electrons. The molecule has 9 heteroatoms. The van der Waals surface area contributed by atoms with Crippen molar-refractivity contribution in [1.82, 2.24) is 4.90 Å². The quantitative estimate of drug-likeness (QED) is 0.592. The third kappa shape index (κ3) is 3.71. The number of hydrogen-bond acceptors (Lipinski definition) is 7. The molecule has 3 aromatic rings. The smallest absolute Gasteiger partial charge is 0.254 e. The van der Waals surface area contributed by atoms with Crippen LogP contribution in [0, 0.1) is 0 Å². The van der Waals surface area contributed by atoms with E-state index in [-0.39, 0.29) is 11.8 Å². The van der Waals surface area contributed by atoms with Gasteiger partial charge >= 0.3 is 0 Å². The fourth-order valence-electron chi connectivity index (χ4n) is 4.49. The zero-order chi connectivity index (χ0) is 23.8. The van der Waals surface area contributed by atoms with Gasteiger partial charge in [0.2, 0.25) is 5.91 Å². The summed E-state index contributed by atoms with van der Waals surface area (Å²) in [6.07, 6.45) is 0. The van der Waals surface area contributed by atoms with Gasteiger partial charge in [0, 0.05) is 29.2 Å². The second kappa shape index (κ2) is 8.90. The highest BCUT2D eigenvalue weighted by molar-refractivity contribution is 7.10. The molecule has 34 heavy (non-hydrogen) atoms. The molecule has 0 saturated heterocycles. The molecule has 3 heterocycles. The van der Waals surface area contributed by atoms with Gasteiger partial charge in [-0.1, -0.05) is 6.07 Å². The van der Waals surface area contributed by atoms with E-state index in [1.165, 1.54) is 25.6 Å². The Kier molecular flexibility index (Phi) is 5.79. The maximum Gasteiger partial charge on any atom is 0.254 e. The zero-order valence-corrected chi connectivity index (χ0v) is 19.8. The molecule has 0 saturated carbocycles. The zero-order valence-electron chi connectivity index (χ0n) is 19.0. The first-order valence-corrected chi connectivity index (χ1v) is 11.7. The number of fused-ring (bicyclic) bond motifs is 2. The van der Waals surface area contributed by atoms with E-state index in [9.17, 15) is 9.59 Å². The Morgan fingerprint density at radius 3 is 2.50 bits per heavy atom. The molecule has 2 aliphatic heterocycles. The largest absolute Gasteiger partial charge is 0.493 e. The predicted octanol–water partition coefficient (Wildman–Crippen LogP) is 4.09. The minimum absolute atomic E-state index is 0.183. The van der Waals surface area contributed by atoms with Crippen molar-refractivity contribution in [2.75, 3.05) is 39.8 Å². The van der Waals surface area contributed by atoms with Crippen LogP contribution in [-0.4, -0.2) is 51.2 Å². The van der Waals surface area contributed by atoms with Crippen molar-refractivity contribution >= 4 is 28.8 Å². The van der Waals surface area contributed by atoms with Crippen LogP contribution < -0.4 is 24.3 Å². The highest BCUT2D eigenvalue weighted by Crippen LogP contribution is 2.47. The van der Waals surface area contributed by atoms with E-state index in [1.54, 1.807) is 42.3 Å². The molecule has 8 nitrogen and oxygen atoms in total. The van der Waals surface area contributed by atoms with Gasteiger partial charge in [0.1, 0.15) is 13.2 Å². The Morgan fingerprint density at radius 2 is 1.79 bits per heavy atom. The third-order valence-electron chi connectivity index (χ3n) is 6.10. The van der Waals surface area contributed by atoms with Gasteiger partial charge in [-0.2, -0.15) is 0 Å². The van der Waals surface area contributed by atoms with Gasteiger partial charge in [-0.25, -0.2) is 0 Å². The minimum atomic E-state index is -0.677. The molecular weight excluding hydrogens is 456 g/mol. The lowest BCUT2D eigenvalue weighted by atomic mass is 9.81. The summed E-state index contributed by atoms with van der Waals surface area (Å²) >= 11 is 1.51. The summed E-state index contributed by atoms with van der Waals surface area (Å²) < 4.78 is 22.1. The second-order valence-corrected chi connectivity index (χ2v) is 8.98. The number of ether oxygens (including phenoxy) is 4. The van der Waals surface area contributed by atoms with Gasteiger partial charge in [0.05, 0.1) is 26.2 Å². The van der Waals surface area contributed by atoms with E-state index in [1.807, 2.05) is 17.5 Å². The number of thiophene rings is 1. The second-order valence-electron chi connectivity index (χ2n) is 8.00. The summed E-state index contributed by atoms with van der Waals surface area (Å²) in [4.78, 5) is 29.7. The first-order chi connectivity index (χ1) is 16.5. The summed E-state index contributed by atoms with van der Waals surface area (Å²) in [6, 6.07) is 12.1. The molecule has 0 spiro atoms. The molecule has 176 valence electrons. The first kappa shape index (κ1) is 22.1. The molecule has 0 bridgehead atoms. The van der Waals surface area contributed by atoms with Gasteiger partial charge in [-0.15, -0.1) is 11.3 Å². The van der Waals surface area contributed by atoms with Crippen LogP contribution in [0.25, 0.3) is 0 Å². The van der Waals surface area contributed by atoms with Gasteiger partial charge in [0.15, 0.2) is 23.0 Å². The molecular formula is C25H24N2O6S. The summed E-state index contributed by atoms with van der Waals surface area (Å²) in [7, 11) is 4.76. The van der Waals surface area contributed by atoms with Crippen molar-refractivity contribution < 1.29 is 28.5 Å². The molecule has 1 N–H and O–H groups in total. The van der Waals surface area contributed by atoms with Gasteiger partial charge in [-0.05, 0) is 41.3 Å². The number of carbonyl (C=O) groups is 2. The highest BCUT2D eigenvalue weighted by atomic mass is 32.1. The number of methoxy groups -OCH3 is 2. The minimum Gasteiger partial charge on any atom is -0.493 e. The SMILES string of the molecule is COc1cc2c(cc1OC)[C@H](C(=O)Nc1ccc3c(c1)OCCO3)[C@@H](c1cccs1)N(C)C2=O. The fourth-order valence-corrected chi connectivity index (χ4v) is 5.39. The number of nitrogens with zero attached hydrogens (tertiary/aromatic N) is 1. The molecule has 0 aliphatic carbocycles. The van der Waals surface area contributed by atoms with Crippen molar-refractivity contribution in [3.63, 3.8) is 0 Å². The number of hydrogen-bond donors (Lipinski definition) is 1. The van der Waals surface area contributed by atoms with E-state index < -0.39 is 12.0 Å². The molecule has 2 aliphatic rings. The van der Waals surface area contributed by atoms with Crippen LogP contribution in [0.5, 0.6) is 23.0 Å². The molecule has 2 aromatic carbocycles. The van der Waals surface area contributed by atoms with E-state index in [0.29, 0.717) is 53.0 Å². The Morgan fingerprint density at radius 1 is 1.06 bits per heavy atom. The van der Waals surface area contributed by atoms with Gasteiger partial charge in [0.25, 0.3) is 5.91 Å². The van der Waals surface area contributed by atoms with Crippen molar-refractivity contribution in [3.8, 4) is 23.0 Å². The van der Waals surface area contributed by atoms with E-state index >= 15 is 0 Å². The van der Waals surface area contributed by atoms with Crippen molar-refractivity contribution in [3.05, 3.63) is 63.8 Å². The normalized spacial score (nSPS) is 18.8. The Hall–Kier alpha value is -3.72. The van der Waals surface area contributed by atoms with Crippen LogP contribution in [0.4, 0.5) is 5.69 Å². The number of nitrogens with one attached hydrogen (secondary N) is 1. The number of benzene rings is 2. The van der Waals surface area contributed by atoms with Crippen molar-refractivity contribution in [1.29, 1.82) is 0 Å². The average Bonchev–Trinajstić information content (AvgIpc) is 3.39. The monoisotopic (exact) mass is 480 g/mol. The van der Waals surface area contributed by atoms with Gasteiger partial charge < -0.3 is 29.2 Å². The van der Waals surface area contributed by atoms with Crippen LogP contribution in [0.15, 0.2) is 47.8 Å². The van der Waals surface area contributed by atoms with Crippen LogP contribution in [0.1, 0.15) is 32.8 Å². The first-order valence-electron chi connectivity index (χ1n) is 10.8. The standard InChI is InChI=1S/C25H24N2O6S/c1-27-23(21-5-4-10-34-21)22(15-12-18(30-2)19(31-3)13-16(15)25(27)29)24(28)26-14-6-7-17-20(11-14)33-9-8-32-17/h4-7,10-13,22-23H,8-9H2,1-3H3,(H,26,28)/t22-,23+/m0/s1. The topological polar surface area (TPSA) is 86.3 Å². The predicted molar refractivity (Wildman–Crippen MR) is 128 cm³/mol. The lowest BCUT2D eigenvalue weighted by molar-refractivity contribution is -0.119. The molecule has 1 aromatic heterocycles. The Bertz CT molecular complexity index is 1240. The van der Waals surface area contributed by atoms with Crippen LogP contribution in [-0.2, 0) is 4.79 Å². The average molecular weight is 481 g/mol. The summed E-state index contributed by atoms with van der Waals surface area (Å²) in [5, 5.41) is 4.95. The van der Waals surface area contributed by atoms with E-state index in [2.05, 4.69) is 5.32 Å². The Labute approximate surface area is 201 Å². The van der Waals surface area contributed by atoms with Crippen LogP contribution in [0.2, 0.25) is 0 Å². The summed E-state index contributed by atoms with van der Waals surface area (Å²) in [5.74, 6) is 1.02. The van der Waals surface area contributed by atoms with E-state index in [4.69, 9.17) is 18.9 Å². The van der Waals surface area contributed by atoms with Crippen LogP contribution in [0.3, 0.4) is 0 Å². The fraction of sp³-hybridized carbons (Fsp3) is 0.280. The maximum atomic E-state index is 13.8. The summed E-state index contributed by atoms with van der Waals surface area (Å²) in [6.45, 7) is 0.946. The summed E-state index contributed by atoms with van der Waals surface area (Å²) in [5.41, 5.74) is 1.59. The molecule has 2 amide bonds. The molecule has 0 fully saturated rings. The lowest BCUT2D eigenvalue weighted by Gasteiger charge is -2.39. The van der Waals surface area contributed by atoms with Gasteiger partial charge in [-0.3, -0.25) is 9.59 Å². The lowest BCUT2D eigenvalue weighted by Crippen LogP contribution is -2.43. The third-order valence-corrected chi connectivity index (χ3v) is 7.04. The molecule has 2 atom stereocenters. The number of anilines is 1. The van der Waals surface area contributed by atoms with E-state index in [0.717, 1.165) is 4.88 Å².